The summed E-state index contributed by atoms with van der Waals surface area (Å²) in [6.07, 6.45) is -0.165. The average molecular weight is 297 g/mol. The number of hydrogen-bond donors (Lipinski definition) is 2. The number of hydrogen-bond acceptors (Lipinski definition) is 4. The van der Waals surface area contributed by atoms with Crippen molar-refractivity contribution in [3.05, 3.63) is 59.2 Å². The molecular formula is C18H19NO3. The maximum Gasteiger partial charge on any atom is 0.115 e. The first-order chi connectivity index (χ1) is 10.7. The molecule has 0 bridgehead atoms. The zero-order valence-electron chi connectivity index (χ0n) is 12.5. The van der Waals surface area contributed by atoms with Crippen LogP contribution >= 0.6 is 0 Å². The molecule has 0 amide bonds. The van der Waals surface area contributed by atoms with Crippen LogP contribution in [0.3, 0.4) is 0 Å². The van der Waals surface area contributed by atoms with E-state index in [4.69, 9.17) is 9.47 Å². The van der Waals surface area contributed by atoms with Gasteiger partial charge in [0.15, 0.2) is 0 Å². The summed E-state index contributed by atoms with van der Waals surface area (Å²) in [6.45, 7) is 3.29. The second-order valence-corrected chi connectivity index (χ2v) is 5.93. The number of phenolic OH excluding ortho intramolecular Hbond substituents is 1. The number of anilines is 1. The zero-order chi connectivity index (χ0) is 15.1. The molecule has 2 heterocycles. The summed E-state index contributed by atoms with van der Waals surface area (Å²) in [5, 5.41) is 13.3. The highest BCUT2D eigenvalue weighted by molar-refractivity contribution is 5.58. The molecule has 2 aliphatic rings. The van der Waals surface area contributed by atoms with Crippen LogP contribution in [-0.4, -0.2) is 24.4 Å². The summed E-state index contributed by atoms with van der Waals surface area (Å²) in [5.74, 6) is 0.266. The Morgan fingerprint density at radius 2 is 1.95 bits per heavy atom. The quantitative estimate of drug-likeness (QED) is 0.848. The van der Waals surface area contributed by atoms with Gasteiger partial charge in [-0.15, -0.1) is 0 Å². The van der Waals surface area contributed by atoms with Gasteiger partial charge in [0.25, 0.3) is 0 Å². The Bertz CT molecular complexity index is 700. The molecule has 2 aromatic carbocycles. The molecule has 2 aliphatic heterocycles. The molecule has 4 heteroatoms. The monoisotopic (exact) mass is 297 g/mol. The molecule has 4 nitrogen and oxygen atoms in total. The van der Waals surface area contributed by atoms with Crippen molar-refractivity contribution < 1.29 is 14.6 Å². The van der Waals surface area contributed by atoms with Crippen LogP contribution in [-0.2, 0) is 9.47 Å². The highest BCUT2D eigenvalue weighted by atomic mass is 16.6. The SMILES string of the molecule is Cc1ccc2c(c1)[C@H]1OCCO[C@H]1[C@H](c1cccc(O)c1)N2. The Morgan fingerprint density at radius 1 is 1.09 bits per heavy atom. The molecule has 3 atom stereocenters. The fraction of sp³-hybridized carbons (Fsp3) is 0.333. The van der Waals surface area contributed by atoms with Crippen molar-refractivity contribution in [3.63, 3.8) is 0 Å². The molecule has 0 saturated carbocycles. The van der Waals surface area contributed by atoms with Gasteiger partial charge in [0.2, 0.25) is 0 Å². The van der Waals surface area contributed by atoms with Crippen molar-refractivity contribution in [2.75, 3.05) is 18.5 Å². The van der Waals surface area contributed by atoms with Crippen molar-refractivity contribution in [1.82, 2.24) is 0 Å². The summed E-state index contributed by atoms with van der Waals surface area (Å²) >= 11 is 0. The van der Waals surface area contributed by atoms with Crippen LogP contribution < -0.4 is 5.32 Å². The number of aromatic hydroxyl groups is 1. The predicted octanol–water partition coefficient (Wildman–Crippen LogP) is 3.32. The summed E-state index contributed by atoms with van der Waals surface area (Å²) in [6, 6.07) is 13.6. The number of nitrogens with one attached hydrogen (secondary N) is 1. The minimum Gasteiger partial charge on any atom is -0.508 e. The van der Waals surface area contributed by atoms with Gasteiger partial charge in [-0.1, -0.05) is 29.8 Å². The molecular weight excluding hydrogens is 278 g/mol. The Balaban J connectivity index is 1.79. The first-order valence-electron chi connectivity index (χ1n) is 7.61. The summed E-state index contributed by atoms with van der Waals surface area (Å²) in [5.41, 5.74) is 4.45. The van der Waals surface area contributed by atoms with Gasteiger partial charge in [-0.2, -0.15) is 0 Å². The van der Waals surface area contributed by atoms with Crippen molar-refractivity contribution in [3.8, 4) is 5.75 Å². The second kappa shape index (κ2) is 5.30. The predicted molar refractivity (Wildman–Crippen MR) is 84.1 cm³/mol. The Labute approximate surface area is 129 Å². The molecule has 2 aromatic rings. The summed E-state index contributed by atoms with van der Waals surface area (Å²) in [4.78, 5) is 0. The Morgan fingerprint density at radius 3 is 2.82 bits per heavy atom. The molecule has 0 spiro atoms. The molecule has 4 rings (SSSR count). The summed E-state index contributed by atoms with van der Waals surface area (Å²) < 4.78 is 12.0. The standard InChI is InChI=1S/C18H19NO3/c1-11-5-6-15-14(9-11)17-18(22-8-7-21-17)16(19-15)12-3-2-4-13(20)10-12/h2-6,9-10,16-20H,7-8H2,1H3/t16-,17+,18-/m0/s1. The van der Waals surface area contributed by atoms with Crippen LogP contribution in [0.15, 0.2) is 42.5 Å². The van der Waals surface area contributed by atoms with E-state index in [1.54, 1.807) is 12.1 Å². The van der Waals surface area contributed by atoms with E-state index in [0.29, 0.717) is 13.2 Å². The van der Waals surface area contributed by atoms with Crippen LogP contribution in [0.1, 0.15) is 28.8 Å². The van der Waals surface area contributed by atoms with Gasteiger partial charge in [0, 0.05) is 11.3 Å². The van der Waals surface area contributed by atoms with Crippen molar-refractivity contribution in [1.29, 1.82) is 0 Å². The fourth-order valence-corrected chi connectivity index (χ4v) is 3.37. The van der Waals surface area contributed by atoms with E-state index in [-0.39, 0.29) is 24.0 Å². The molecule has 22 heavy (non-hydrogen) atoms. The van der Waals surface area contributed by atoms with Crippen LogP contribution in [0.5, 0.6) is 5.75 Å². The lowest BCUT2D eigenvalue weighted by molar-refractivity contribution is -0.151. The van der Waals surface area contributed by atoms with Crippen molar-refractivity contribution in [2.24, 2.45) is 0 Å². The highest BCUT2D eigenvalue weighted by Crippen LogP contribution is 2.44. The molecule has 0 aliphatic carbocycles. The van der Waals surface area contributed by atoms with Gasteiger partial charge in [0.1, 0.15) is 18.0 Å². The largest absolute Gasteiger partial charge is 0.508 e. The number of rotatable bonds is 1. The van der Waals surface area contributed by atoms with Gasteiger partial charge >= 0.3 is 0 Å². The van der Waals surface area contributed by atoms with Crippen LogP contribution in [0.25, 0.3) is 0 Å². The minimum atomic E-state index is -0.0927. The highest BCUT2D eigenvalue weighted by Gasteiger charge is 2.41. The molecule has 0 radical (unpaired) electrons. The van der Waals surface area contributed by atoms with Gasteiger partial charge in [-0.3, -0.25) is 0 Å². The third kappa shape index (κ3) is 2.25. The molecule has 1 fully saturated rings. The van der Waals surface area contributed by atoms with Crippen LogP contribution in [0.2, 0.25) is 0 Å². The minimum absolute atomic E-state index is 0.0346. The normalized spacial score (nSPS) is 26.7. The number of aryl methyl sites for hydroxylation is 1. The molecule has 1 saturated heterocycles. The van der Waals surface area contributed by atoms with E-state index in [1.165, 1.54) is 5.56 Å². The van der Waals surface area contributed by atoms with E-state index in [0.717, 1.165) is 16.8 Å². The lowest BCUT2D eigenvalue weighted by Crippen LogP contribution is -2.43. The second-order valence-electron chi connectivity index (χ2n) is 5.93. The van der Waals surface area contributed by atoms with Gasteiger partial charge in [-0.05, 0) is 30.7 Å². The lowest BCUT2D eigenvalue weighted by Gasteiger charge is -2.43. The third-order valence-corrected chi connectivity index (χ3v) is 4.37. The van der Waals surface area contributed by atoms with E-state index in [9.17, 15) is 5.11 Å². The first-order valence-corrected chi connectivity index (χ1v) is 7.61. The van der Waals surface area contributed by atoms with E-state index in [1.807, 2.05) is 12.1 Å². The average Bonchev–Trinajstić information content (AvgIpc) is 2.54. The molecule has 2 N–H and O–H groups in total. The maximum atomic E-state index is 9.77. The van der Waals surface area contributed by atoms with Gasteiger partial charge in [0.05, 0.1) is 19.3 Å². The summed E-state index contributed by atoms with van der Waals surface area (Å²) in [7, 11) is 0. The molecule has 0 aromatic heterocycles. The van der Waals surface area contributed by atoms with E-state index >= 15 is 0 Å². The smallest absolute Gasteiger partial charge is 0.115 e. The Hall–Kier alpha value is -2.04. The lowest BCUT2D eigenvalue weighted by atomic mass is 9.87. The number of ether oxygens (including phenoxy) is 2. The molecule has 0 unspecified atom stereocenters. The molecule has 114 valence electrons. The first kappa shape index (κ1) is 13.6. The van der Waals surface area contributed by atoms with Crippen LogP contribution in [0.4, 0.5) is 5.69 Å². The Kier molecular flexibility index (Phi) is 3.28. The van der Waals surface area contributed by atoms with E-state index < -0.39 is 0 Å². The van der Waals surface area contributed by atoms with Gasteiger partial charge < -0.3 is 19.9 Å². The maximum absolute atomic E-state index is 9.77. The number of fused-ring (bicyclic) bond motifs is 3. The van der Waals surface area contributed by atoms with Crippen LogP contribution in [0, 0.1) is 6.92 Å². The number of benzene rings is 2. The third-order valence-electron chi connectivity index (χ3n) is 4.37. The van der Waals surface area contributed by atoms with Gasteiger partial charge in [-0.25, -0.2) is 0 Å². The number of phenols is 1. The van der Waals surface area contributed by atoms with E-state index in [2.05, 4.69) is 30.4 Å². The zero-order valence-corrected chi connectivity index (χ0v) is 12.5. The fourth-order valence-electron chi connectivity index (χ4n) is 3.37. The topological polar surface area (TPSA) is 50.7 Å². The van der Waals surface area contributed by atoms with Crippen molar-refractivity contribution >= 4 is 5.69 Å². The van der Waals surface area contributed by atoms with Crippen molar-refractivity contribution in [2.45, 2.75) is 25.2 Å².